The molecule has 0 aromatic carbocycles. The Bertz CT molecular complexity index is 931. The van der Waals surface area contributed by atoms with Gasteiger partial charge in [-0.15, -0.1) is 0 Å². The number of ether oxygens (including phenoxy) is 2. The van der Waals surface area contributed by atoms with Crippen molar-refractivity contribution in [3.8, 4) is 0 Å². The van der Waals surface area contributed by atoms with E-state index in [0.29, 0.717) is 19.6 Å². The number of aliphatic hydroxyl groups is 1. The van der Waals surface area contributed by atoms with E-state index in [1.54, 1.807) is 9.80 Å². The fourth-order valence-electron chi connectivity index (χ4n) is 6.63. The Morgan fingerprint density at radius 2 is 1.81 bits per heavy atom. The Morgan fingerprint density at radius 3 is 2.44 bits per heavy atom. The predicted octanol–water partition coefficient (Wildman–Crippen LogP) is 2.84. The molecule has 0 radical (unpaired) electrons. The average Bonchev–Trinajstić information content (AvgIpc) is 3.21. The Hall–Kier alpha value is -2.19. The van der Waals surface area contributed by atoms with E-state index in [2.05, 4.69) is 0 Å². The monoisotopic (exact) mass is 502 g/mol. The van der Waals surface area contributed by atoms with Gasteiger partial charge in [0.1, 0.15) is 23.2 Å². The summed E-state index contributed by atoms with van der Waals surface area (Å²) < 4.78 is 12.6. The SMILES string of the molecule is CC[C@H](C)[C@H](CO)N1C(=O)[C@@H]2[C@@H]3C(=O)OCCCC/C=C\[C@]3(CC)O[C@@]23C=CCN(C(C)C)C(=O)C13. The molecule has 0 saturated carbocycles. The second kappa shape index (κ2) is 10.3. The number of cyclic esters (lactones) is 1. The Labute approximate surface area is 214 Å². The molecule has 2 saturated heterocycles. The number of amides is 2. The largest absolute Gasteiger partial charge is 0.465 e. The lowest BCUT2D eigenvalue weighted by atomic mass is 9.73. The summed E-state index contributed by atoms with van der Waals surface area (Å²) in [7, 11) is 0. The summed E-state index contributed by atoms with van der Waals surface area (Å²) >= 11 is 0. The van der Waals surface area contributed by atoms with E-state index in [9.17, 15) is 19.5 Å². The lowest BCUT2D eigenvalue weighted by Gasteiger charge is -2.42. The standard InChI is InChI=1S/C28H42N2O6/c1-6-19(5)20(17-31)30-23-25(33)29(18(3)4)15-12-14-28(23)21(24(30)32)22-26(34)35-16-11-9-8-10-13-27(22,7-2)36-28/h10,12-14,18-23,31H,6-9,11,15-17H2,1-5H3/b13-10-/t19-,20-,21-,22+,23?,27-,28-/m0/s1. The van der Waals surface area contributed by atoms with Crippen molar-refractivity contribution in [1.82, 2.24) is 9.80 Å². The molecule has 1 spiro atoms. The molecule has 2 amide bonds. The van der Waals surface area contributed by atoms with Gasteiger partial charge < -0.3 is 24.4 Å². The van der Waals surface area contributed by atoms with Gasteiger partial charge in [0.2, 0.25) is 11.8 Å². The van der Waals surface area contributed by atoms with Gasteiger partial charge in [-0.3, -0.25) is 14.4 Å². The van der Waals surface area contributed by atoms with Crippen LogP contribution >= 0.6 is 0 Å². The van der Waals surface area contributed by atoms with Crippen molar-refractivity contribution in [3.05, 3.63) is 24.3 Å². The zero-order valence-electron chi connectivity index (χ0n) is 22.3. The third kappa shape index (κ3) is 4.01. The maximum Gasteiger partial charge on any atom is 0.313 e. The van der Waals surface area contributed by atoms with Crippen LogP contribution in [0.5, 0.6) is 0 Å². The van der Waals surface area contributed by atoms with Crippen LogP contribution in [0.2, 0.25) is 0 Å². The number of hydrogen-bond acceptors (Lipinski definition) is 6. The first-order valence-corrected chi connectivity index (χ1v) is 13.6. The third-order valence-corrected chi connectivity index (χ3v) is 8.82. The lowest BCUT2D eigenvalue weighted by molar-refractivity contribution is -0.164. The summed E-state index contributed by atoms with van der Waals surface area (Å²) in [6, 6.07) is -1.62. The fourth-order valence-corrected chi connectivity index (χ4v) is 6.63. The van der Waals surface area contributed by atoms with Gasteiger partial charge in [-0.05, 0) is 45.4 Å². The van der Waals surface area contributed by atoms with Gasteiger partial charge in [-0.2, -0.15) is 0 Å². The van der Waals surface area contributed by atoms with Crippen LogP contribution in [-0.4, -0.2) is 81.8 Å². The zero-order chi connectivity index (χ0) is 26.3. The number of nitrogens with zero attached hydrogens (tertiary/aromatic N) is 2. The van der Waals surface area contributed by atoms with Crippen LogP contribution in [0.3, 0.4) is 0 Å². The molecule has 0 aliphatic carbocycles. The van der Waals surface area contributed by atoms with Crippen LogP contribution in [0.1, 0.15) is 66.7 Å². The number of carbonyl (C=O) groups is 3. The number of carbonyl (C=O) groups excluding carboxylic acids is 3. The van der Waals surface area contributed by atoms with Crippen molar-refractivity contribution >= 4 is 17.8 Å². The van der Waals surface area contributed by atoms with Gasteiger partial charge in [-0.25, -0.2) is 0 Å². The molecular formula is C28H42N2O6. The summed E-state index contributed by atoms with van der Waals surface area (Å²) in [6.45, 7) is 10.2. The molecule has 8 heteroatoms. The fraction of sp³-hybridized carbons (Fsp3) is 0.750. The van der Waals surface area contributed by atoms with Crippen molar-refractivity contribution in [2.24, 2.45) is 17.8 Å². The first kappa shape index (κ1) is 26.9. The van der Waals surface area contributed by atoms with Gasteiger partial charge in [0.05, 0.1) is 25.2 Å². The molecule has 8 nitrogen and oxygen atoms in total. The minimum absolute atomic E-state index is 0.0471. The van der Waals surface area contributed by atoms with E-state index in [-0.39, 0.29) is 30.4 Å². The van der Waals surface area contributed by atoms with Crippen LogP contribution in [0, 0.1) is 17.8 Å². The number of likely N-dealkylation sites (tertiary alicyclic amines) is 1. The molecule has 1 N–H and O–H groups in total. The molecule has 4 aliphatic rings. The smallest absolute Gasteiger partial charge is 0.313 e. The van der Waals surface area contributed by atoms with Crippen molar-refractivity contribution in [2.45, 2.75) is 96.1 Å². The molecule has 4 rings (SSSR count). The van der Waals surface area contributed by atoms with E-state index >= 15 is 0 Å². The summed E-state index contributed by atoms with van der Waals surface area (Å²) in [5.41, 5.74) is -2.38. The van der Waals surface area contributed by atoms with Crippen LogP contribution in [-0.2, 0) is 23.9 Å². The Balaban J connectivity index is 1.94. The van der Waals surface area contributed by atoms with E-state index in [0.717, 1.165) is 25.7 Å². The number of hydrogen-bond donors (Lipinski definition) is 1. The van der Waals surface area contributed by atoms with Crippen molar-refractivity contribution in [2.75, 3.05) is 19.8 Å². The molecule has 4 heterocycles. The normalized spacial score (nSPS) is 37.2. The molecule has 200 valence electrons. The second-order valence-electron chi connectivity index (χ2n) is 11.1. The number of rotatable bonds is 6. The zero-order valence-corrected chi connectivity index (χ0v) is 22.3. The van der Waals surface area contributed by atoms with Crippen molar-refractivity contribution < 1.29 is 29.0 Å². The van der Waals surface area contributed by atoms with Crippen LogP contribution in [0.15, 0.2) is 24.3 Å². The summed E-state index contributed by atoms with van der Waals surface area (Å²) in [4.78, 5) is 45.6. The first-order valence-electron chi connectivity index (χ1n) is 13.6. The summed E-state index contributed by atoms with van der Waals surface area (Å²) in [5.74, 6) is -2.81. The van der Waals surface area contributed by atoms with E-state index in [4.69, 9.17) is 9.47 Å². The summed E-state index contributed by atoms with van der Waals surface area (Å²) in [6.07, 6.45) is 11.4. The van der Waals surface area contributed by atoms with E-state index in [1.165, 1.54) is 0 Å². The highest BCUT2D eigenvalue weighted by molar-refractivity contribution is 5.99. The number of fused-ring (bicyclic) bond motifs is 2. The van der Waals surface area contributed by atoms with Crippen LogP contribution < -0.4 is 0 Å². The Morgan fingerprint density at radius 1 is 1.06 bits per heavy atom. The highest BCUT2D eigenvalue weighted by Crippen LogP contribution is 2.58. The highest BCUT2D eigenvalue weighted by Gasteiger charge is 2.76. The molecule has 4 aliphatic heterocycles. The number of allylic oxidation sites excluding steroid dienone is 1. The number of aliphatic hydroxyl groups excluding tert-OH is 1. The van der Waals surface area contributed by atoms with Gasteiger partial charge in [0.15, 0.2) is 0 Å². The molecule has 7 atom stereocenters. The third-order valence-electron chi connectivity index (χ3n) is 8.82. The molecule has 0 aromatic heterocycles. The van der Waals surface area contributed by atoms with Crippen molar-refractivity contribution in [3.63, 3.8) is 0 Å². The van der Waals surface area contributed by atoms with Gasteiger partial charge >= 0.3 is 5.97 Å². The number of esters is 1. The summed E-state index contributed by atoms with van der Waals surface area (Å²) in [5, 5.41) is 10.4. The van der Waals surface area contributed by atoms with Crippen LogP contribution in [0.4, 0.5) is 0 Å². The van der Waals surface area contributed by atoms with E-state index < -0.39 is 41.1 Å². The Kier molecular flexibility index (Phi) is 7.68. The lowest BCUT2D eigenvalue weighted by Crippen LogP contribution is -2.60. The highest BCUT2D eigenvalue weighted by atomic mass is 16.6. The van der Waals surface area contributed by atoms with Gasteiger partial charge in [0, 0.05) is 12.6 Å². The maximum atomic E-state index is 14.4. The minimum Gasteiger partial charge on any atom is -0.465 e. The molecule has 0 bridgehead atoms. The van der Waals surface area contributed by atoms with Crippen molar-refractivity contribution in [1.29, 1.82) is 0 Å². The minimum atomic E-state index is -1.32. The first-order chi connectivity index (χ1) is 17.2. The molecule has 1 unspecified atom stereocenters. The average molecular weight is 503 g/mol. The predicted molar refractivity (Wildman–Crippen MR) is 135 cm³/mol. The molecular weight excluding hydrogens is 460 g/mol. The van der Waals surface area contributed by atoms with E-state index in [1.807, 2.05) is 58.9 Å². The second-order valence-corrected chi connectivity index (χ2v) is 11.1. The topological polar surface area (TPSA) is 96.4 Å². The molecule has 2 fully saturated rings. The molecule has 36 heavy (non-hydrogen) atoms. The quantitative estimate of drug-likeness (QED) is 0.443. The maximum absolute atomic E-state index is 14.4. The van der Waals surface area contributed by atoms with Crippen LogP contribution in [0.25, 0.3) is 0 Å². The van der Waals surface area contributed by atoms with Gasteiger partial charge in [0.25, 0.3) is 0 Å². The molecule has 0 aromatic rings. The van der Waals surface area contributed by atoms with Gasteiger partial charge in [-0.1, -0.05) is 51.5 Å².